The van der Waals surface area contributed by atoms with E-state index in [1.54, 1.807) is 0 Å². The van der Waals surface area contributed by atoms with Gasteiger partial charge < -0.3 is 14.8 Å². The van der Waals surface area contributed by atoms with Gasteiger partial charge in [-0.1, -0.05) is 6.92 Å². The first kappa shape index (κ1) is 16.6. The maximum absolute atomic E-state index is 11.0. The normalized spacial score (nSPS) is 11.8. The summed E-state index contributed by atoms with van der Waals surface area (Å²) >= 11 is 0. The molecular formula is C13H27NO3. The summed E-state index contributed by atoms with van der Waals surface area (Å²) < 4.78 is 10.7. The molecule has 0 aliphatic heterocycles. The number of ketones is 1. The highest BCUT2D eigenvalue weighted by atomic mass is 16.5. The molecule has 4 heteroatoms. The van der Waals surface area contributed by atoms with Gasteiger partial charge in [0.15, 0.2) is 0 Å². The van der Waals surface area contributed by atoms with Crippen molar-refractivity contribution < 1.29 is 14.3 Å². The van der Waals surface area contributed by atoms with Crippen LogP contribution in [0.3, 0.4) is 0 Å². The zero-order valence-corrected chi connectivity index (χ0v) is 11.7. The predicted molar refractivity (Wildman–Crippen MR) is 69.3 cm³/mol. The van der Waals surface area contributed by atoms with Crippen molar-refractivity contribution in [1.29, 1.82) is 0 Å². The first-order chi connectivity index (χ1) is 7.95. The Kier molecular flexibility index (Phi) is 9.31. The molecule has 0 aromatic carbocycles. The highest BCUT2D eigenvalue weighted by Crippen LogP contribution is 1.96. The molecule has 0 heterocycles. The lowest BCUT2D eigenvalue weighted by molar-refractivity contribution is -0.119. The highest BCUT2D eigenvalue weighted by Gasteiger charge is 2.06. The average molecular weight is 245 g/mol. The van der Waals surface area contributed by atoms with Crippen LogP contribution in [0.1, 0.15) is 40.5 Å². The molecule has 0 fully saturated rings. The predicted octanol–water partition coefficient (Wildman–Crippen LogP) is 1.78. The average Bonchev–Trinajstić information content (AvgIpc) is 2.25. The molecule has 17 heavy (non-hydrogen) atoms. The summed E-state index contributed by atoms with van der Waals surface area (Å²) in [6.45, 7) is 11.4. The van der Waals surface area contributed by atoms with Gasteiger partial charge in [0.1, 0.15) is 5.78 Å². The fraction of sp³-hybridized carbons (Fsp3) is 0.923. The Bertz CT molecular complexity index is 199. The molecule has 0 amide bonds. The Hall–Kier alpha value is -0.450. The topological polar surface area (TPSA) is 47.6 Å². The van der Waals surface area contributed by atoms with Crippen molar-refractivity contribution in [3.05, 3.63) is 0 Å². The largest absolute Gasteiger partial charge is 0.379 e. The molecule has 0 spiro atoms. The summed E-state index contributed by atoms with van der Waals surface area (Å²) in [6, 6.07) is 0. The lowest BCUT2D eigenvalue weighted by atomic mass is 10.1. The molecular weight excluding hydrogens is 218 g/mol. The van der Waals surface area contributed by atoms with E-state index in [-0.39, 0.29) is 11.3 Å². The third-order valence-corrected chi connectivity index (χ3v) is 2.19. The van der Waals surface area contributed by atoms with Gasteiger partial charge in [-0.25, -0.2) is 0 Å². The van der Waals surface area contributed by atoms with Crippen LogP contribution in [0.25, 0.3) is 0 Å². The summed E-state index contributed by atoms with van der Waals surface area (Å²) in [4.78, 5) is 11.0. The molecule has 0 aliphatic rings. The number of rotatable bonds is 10. The van der Waals surface area contributed by atoms with E-state index in [1.165, 1.54) is 0 Å². The van der Waals surface area contributed by atoms with E-state index in [0.29, 0.717) is 39.3 Å². The van der Waals surface area contributed by atoms with Gasteiger partial charge in [-0.15, -0.1) is 0 Å². The second-order valence-electron chi connectivity index (χ2n) is 5.04. The summed E-state index contributed by atoms with van der Waals surface area (Å²) in [5.41, 5.74) is 0.139. The highest BCUT2D eigenvalue weighted by molar-refractivity contribution is 5.78. The molecule has 0 rings (SSSR count). The van der Waals surface area contributed by atoms with Gasteiger partial charge in [0.25, 0.3) is 0 Å². The van der Waals surface area contributed by atoms with E-state index in [9.17, 15) is 4.79 Å². The molecule has 0 aromatic rings. The third-order valence-electron chi connectivity index (χ3n) is 2.19. The Labute approximate surface area is 105 Å². The number of carbonyl (C=O) groups excluding carboxylic acids is 1. The molecule has 0 saturated carbocycles. The number of nitrogens with one attached hydrogen (secondary N) is 1. The van der Waals surface area contributed by atoms with Crippen LogP contribution in [-0.4, -0.2) is 44.3 Å². The third kappa shape index (κ3) is 13.5. The fourth-order valence-corrected chi connectivity index (χ4v) is 1.18. The van der Waals surface area contributed by atoms with Crippen LogP contribution in [0, 0.1) is 0 Å². The Balaban J connectivity index is 3.12. The summed E-state index contributed by atoms with van der Waals surface area (Å²) in [6.07, 6.45) is 1.11. The van der Waals surface area contributed by atoms with Crippen molar-refractivity contribution in [2.75, 3.05) is 33.0 Å². The van der Waals surface area contributed by atoms with Gasteiger partial charge >= 0.3 is 0 Å². The first-order valence-electron chi connectivity index (χ1n) is 6.38. The van der Waals surface area contributed by atoms with E-state index < -0.39 is 0 Å². The van der Waals surface area contributed by atoms with Crippen LogP contribution in [0.4, 0.5) is 0 Å². The minimum Gasteiger partial charge on any atom is -0.379 e. The number of Topliss-reactive ketones (excluding diaryl/α,β-unsaturated/α-hetero) is 1. The first-order valence-corrected chi connectivity index (χ1v) is 6.38. The summed E-state index contributed by atoms with van der Waals surface area (Å²) in [5.74, 6) is 0.250. The van der Waals surface area contributed by atoms with E-state index >= 15 is 0 Å². The number of ether oxygens (including phenoxy) is 2. The van der Waals surface area contributed by atoms with Crippen LogP contribution in [-0.2, 0) is 14.3 Å². The van der Waals surface area contributed by atoms with Gasteiger partial charge in [0, 0.05) is 24.9 Å². The second kappa shape index (κ2) is 9.57. The van der Waals surface area contributed by atoms with Crippen LogP contribution in [0.5, 0.6) is 0 Å². The van der Waals surface area contributed by atoms with Crippen molar-refractivity contribution in [3.8, 4) is 0 Å². The van der Waals surface area contributed by atoms with E-state index in [0.717, 1.165) is 6.54 Å². The van der Waals surface area contributed by atoms with Gasteiger partial charge in [-0.2, -0.15) is 0 Å². The smallest absolute Gasteiger partial charge is 0.134 e. The minimum atomic E-state index is 0.139. The van der Waals surface area contributed by atoms with E-state index in [4.69, 9.17) is 9.47 Å². The van der Waals surface area contributed by atoms with Crippen molar-refractivity contribution in [1.82, 2.24) is 5.32 Å². The maximum Gasteiger partial charge on any atom is 0.134 e. The van der Waals surface area contributed by atoms with Gasteiger partial charge in [0.2, 0.25) is 0 Å². The van der Waals surface area contributed by atoms with Crippen molar-refractivity contribution in [3.63, 3.8) is 0 Å². The Morgan fingerprint density at radius 2 is 1.65 bits per heavy atom. The van der Waals surface area contributed by atoms with Gasteiger partial charge in [0.05, 0.1) is 26.4 Å². The summed E-state index contributed by atoms with van der Waals surface area (Å²) in [5, 5.41) is 3.34. The molecule has 0 atom stereocenters. The van der Waals surface area contributed by atoms with Gasteiger partial charge in [-0.05, 0) is 20.8 Å². The lowest BCUT2D eigenvalue weighted by Gasteiger charge is -2.20. The van der Waals surface area contributed by atoms with E-state index in [2.05, 4.69) is 26.1 Å². The maximum atomic E-state index is 11.0. The minimum absolute atomic E-state index is 0.139. The van der Waals surface area contributed by atoms with Gasteiger partial charge in [-0.3, -0.25) is 4.79 Å². The monoisotopic (exact) mass is 245 g/mol. The molecule has 102 valence electrons. The number of hydrogen-bond donors (Lipinski definition) is 1. The molecule has 0 saturated heterocycles. The molecule has 1 N–H and O–H groups in total. The molecule has 0 radical (unpaired) electrons. The molecule has 4 nitrogen and oxygen atoms in total. The van der Waals surface area contributed by atoms with Crippen molar-refractivity contribution >= 4 is 5.78 Å². The zero-order chi connectivity index (χ0) is 13.1. The van der Waals surface area contributed by atoms with E-state index in [1.807, 2.05) is 6.92 Å². The lowest BCUT2D eigenvalue weighted by Crippen LogP contribution is -2.38. The van der Waals surface area contributed by atoms with Crippen molar-refractivity contribution in [2.45, 2.75) is 46.1 Å². The zero-order valence-electron chi connectivity index (χ0n) is 11.7. The number of carbonyl (C=O) groups is 1. The van der Waals surface area contributed by atoms with Crippen LogP contribution >= 0.6 is 0 Å². The second-order valence-corrected chi connectivity index (χ2v) is 5.04. The Morgan fingerprint density at radius 3 is 2.18 bits per heavy atom. The molecule has 0 unspecified atom stereocenters. The van der Waals surface area contributed by atoms with Crippen LogP contribution in [0.15, 0.2) is 0 Å². The molecule has 0 aromatic heterocycles. The fourth-order valence-electron chi connectivity index (χ4n) is 1.18. The van der Waals surface area contributed by atoms with Crippen LogP contribution in [0.2, 0.25) is 0 Å². The number of hydrogen-bond acceptors (Lipinski definition) is 4. The Morgan fingerprint density at radius 1 is 1.06 bits per heavy atom. The molecule has 0 bridgehead atoms. The quantitative estimate of drug-likeness (QED) is 0.596. The molecule has 0 aliphatic carbocycles. The SMILES string of the molecule is CCC(=O)CCOCCOCCNC(C)(C)C. The van der Waals surface area contributed by atoms with Crippen LogP contribution < -0.4 is 5.32 Å². The summed E-state index contributed by atoms with van der Waals surface area (Å²) in [7, 11) is 0. The standard InChI is InChI=1S/C13H27NO3/c1-5-12(15)6-8-16-10-11-17-9-7-14-13(2,3)4/h14H,5-11H2,1-4H3. The van der Waals surface area contributed by atoms with Crippen molar-refractivity contribution in [2.24, 2.45) is 0 Å².